The molecule has 0 bridgehead atoms. The number of hydrogen-bond donors (Lipinski definition) is 0. The summed E-state index contributed by atoms with van der Waals surface area (Å²) < 4.78 is 28.2. The van der Waals surface area contributed by atoms with Gasteiger partial charge in [0.1, 0.15) is 40.8 Å². The number of ether oxygens (including phenoxy) is 4. The lowest BCUT2D eigenvalue weighted by Crippen LogP contribution is -2.19. The van der Waals surface area contributed by atoms with Crippen LogP contribution in [0.2, 0.25) is 0 Å². The zero-order valence-corrected chi connectivity index (χ0v) is 19.7. The van der Waals surface area contributed by atoms with Crippen molar-refractivity contribution in [2.75, 3.05) is 41.5 Å². The standard InChI is InChI=1S/C27H27NO6/c1-28(2)15-16-32-20-9-11-21(12-10-20)33-26-23-14-13-22(31-4)17-24(23)34-27(29)25(26)18-5-7-19(30-3)8-6-18/h5-14,17H,15-16H2,1-4H3. The van der Waals surface area contributed by atoms with E-state index in [0.29, 0.717) is 51.7 Å². The first-order chi connectivity index (χ1) is 16.5. The highest BCUT2D eigenvalue weighted by Gasteiger charge is 2.19. The average Bonchev–Trinajstić information content (AvgIpc) is 2.84. The number of rotatable bonds is 9. The predicted octanol–water partition coefficient (Wildman–Crippen LogP) is 5.21. The van der Waals surface area contributed by atoms with E-state index < -0.39 is 5.63 Å². The van der Waals surface area contributed by atoms with Gasteiger partial charge in [0.2, 0.25) is 0 Å². The molecule has 0 spiro atoms. The third-order valence-electron chi connectivity index (χ3n) is 5.30. The molecule has 34 heavy (non-hydrogen) atoms. The molecular weight excluding hydrogens is 434 g/mol. The van der Waals surface area contributed by atoms with Crippen LogP contribution < -0.4 is 24.6 Å². The lowest BCUT2D eigenvalue weighted by Gasteiger charge is -2.15. The second-order valence-electron chi connectivity index (χ2n) is 7.91. The van der Waals surface area contributed by atoms with Crippen molar-refractivity contribution in [3.63, 3.8) is 0 Å². The van der Waals surface area contributed by atoms with Crippen LogP contribution in [0.15, 0.2) is 75.9 Å². The van der Waals surface area contributed by atoms with Crippen LogP contribution >= 0.6 is 0 Å². The molecule has 4 rings (SSSR count). The predicted molar refractivity (Wildman–Crippen MR) is 132 cm³/mol. The van der Waals surface area contributed by atoms with Crippen molar-refractivity contribution in [2.45, 2.75) is 0 Å². The smallest absolute Gasteiger partial charge is 0.348 e. The summed E-state index contributed by atoms with van der Waals surface area (Å²) in [6.07, 6.45) is 0. The van der Waals surface area contributed by atoms with E-state index >= 15 is 0 Å². The zero-order valence-electron chi connectivity index (χ0n) is 19.7. The van der Waals surface area contributed by atoms with Crippen molar-refractivity contribution < 1.29 is 23.4 Å². The molecule has 1 heterocycles. The van der Waals surface area contributed by atoms with Crippen LogP contribution in [0.5, 0.6) is 28.7 Å². The SMILES string of the molecule is COc1ccc(-c2c(Oc3ccc(OCCN(C)C)cc3)c3ccc(OC)cc3oc2=O)cc1. The molecule has 0 N–H and O–H groups in total. The third-order valence-corrected chi connectivity index (χ3v) is 5.30. The molecule has 0 aliphatic rings. The number of nitrogens with zero attached hydrogens (tertiary/aromatic N) is 1. The molecule has 0 amide bonds. The summed E-state index contributed by atoms with van der Waals surface area (Å²) in [6.45, 7) is 1.40. The van der Waals surface area contributed by atoms with Crippen LogP contribution in [0.4, 0.5) is 0 Å². The van der Waals surface area contributed by atoms with Gasteiger partial charge in [-0.2, -0.15) is 0 Å². The fourth-order valence-electron chi connectivity index (χ4n) is 3.46. The van der Waals surface area contributed by atoms with Crippen LogP contribution in [0, 0.1) is 0 Å². The number of likely N-dealkylation sites (N-methyl/N-ethyl adjacent to an activating group) is 1. The van der Waals surface area contributed by atoms with Crippen LogP contribution in [-0.4, -0.2) is 46.4 Å². The summed E-state index contributed by atoms with van der Waals surface area (Å²) in [6, 6.07) is 19.8. The summed E-state index contributed by atoms with van der Waals surface area (Å²) in [5.74, 6) is 2.98. The van der Waals surface area contributed by atoms with Crippen LogP contribution in [0.3, 0.4) is 0 Å². The molecule has 176 valence electrons. The van der Waals surface area contributed by atoms with Gasteiger partial charge in [-0.1, -0.05) is 12.1 Å². The lowest BCUT2D eigenvalue weighted by atomic mass is 10.0. The van der Waals surface area contributed by atoms with E-state index in [9.17, 15) is 4.79 Å². The highest BCUT2D eigenvalue weighted by atomic mass is 16.5. The van der Waals surface area contributed by atoms with Gasteiger partial charge in [0, 0.05) is 12.6 Å². The largest absolute Gasteiger partial charge is 0.497 e. The van der Waals surface area contributed by atoms with E-state index in [1.54, 1.807) is 50.6 Å². The van der Waals surface area contributed by atoms with Crippen molar-refractivity contribution in [2.24, 2.45) is 0 Å². The lowest BCUT2D eigenvalue weighted by molar-refractivity contribution is 0.261. The van der Waals surface area contributed by atoms with E-state index in [2.05, 4.69) is 4.90 Å². The van der Waals surface area contributed by atoms with Gasteiger partial charge >= 0.3 is 5.63 Å². The minimum atomic E-state index is -0.510. The maximum Gasteiger partial charge on any atom is 0.348 e. The fourth-order valence-corrected chi connectivity index (χ4v) is 3.46. The van der Waals surface area contributed by atoms with Gasteiger partial charge in [-0.3, -0.25) is 0 Å². The molecule has 0 atom stereocenters. The Hall–Kier alpha value is -3.97. The molecule has 7 nitrogen and oxygen atoms in total. The fraction of sp³-hybridized carbons (Fsp3) is 0.222. The highest BCUT2D eigenvalue weighted by Crippen LogP contribution is 2.39. The number of fused-ring (bicyclic) bond motifs is 1. The third kappa shape index (κ3) is 5.15. The van der Waals surface area contributed by atoms with Gasteiger partial charge in [-0.15, -0.1) is 0 Å². The van der Waals surface area contributed by atoms with E-state index in [-0.39, 0.29) is 0 Å². The second-order valence-corrected chi connectivity index (χ2v) is 7.91. The second kappa shape index (κ2) is 10.3. The molecular formula is C27H27NO6. The van der Waals surface area contributed by atoms with Crippen LogP contribution in [0.25, 0.3) is 22.1 Å². The first-order valence-corrected chi connectivity index (χ1v) is 10.8. The Balaban J connectivity index is 1.75. The first-order valence-electron chi connectivity index (χ1n) is 10.8. The molecule has 0 fully saturated rings. The van der Waals surface area contributed by atoms with Crippen molar-refractivity contribution in [1.82, 2.24) is 4.90 Å². The Morgan fingerprint density at radius 3 is 2.06 bits per heavy atom. The summed E-state index contributed by atoms with van der Waals surface area (Å²) in [5, 5.41) is 0.650. The van der Waals surface area contributed by atoms with Gasteiger partial charge in [-0.25, -0.2) is 4.79 Å². The molecule has 3 aromatic carbocycles. The summed E-state index contributed by atoms with van der Waals surface area (Å²) in [4.78, 5) is 15.1. The van der Waals surface area contributed by atoms with Crippen molar-refractivity contribution >= 4 is 11.0 Å². The topological polar surface area (TPSA) is 70.4 Å². The zero-order chi connectivity index (χ0) is 24.1. The normalized spacial score (nSPS) is 11.0. The molecule has 7 heteroatoms. The maximum atomic E-state index is 13.1. The van der Waals surface area contributed by atoms with Gasteiger partial charge in [0.05, 0.1) is 19.6 Å². The summed E-state index contributed by atoms with van der Waals surface area (Å²) >= 11 is 0. The minimum absolute atomic E-state index is 0.326. The highest BCUT2D eigenvalue weighted by molar-refractivity contribution is 5.91. The van der Waals surface area contributed by atoms with Crippen molar-refractivity contribution in [3.8, 4) is 39.9 Å². The quantitative estimate of drug-likeness (QED) is 0.317. The summed E-state index contributed by atoms with van der Waals surface area (Å²) in [5.41, 5.74) is 0.849. The number of hydrogen-bond acceptors (Lipinski definition) is 7. The van der Waals surface area contributed by atoms with Gasteiger partial charge in [0.15, 0.2) is 5.75 Å². The first kappa shape index (κ1) is 23.2. The number of methoxy groups -OCH3 is 2. The average molecular weight is 462 g/mol. The van der Waals surface area contributed by atoms with Crippen LogP contribution in [-0.2, 0) is 0 Å². The molecule has 0 radical (unpaired) electrons. The van der Waals surface area contributed by atoms with E-state index in [1.807, 2.05) is 44.4 Å². The Morgan fingerprint density at radius 2 is 1.41 bits per heavy atom. The van der Waals surface area contributed by atoms with E-state index in [0.717, 1.165) is 12.3 Å². The van der Waals surface area contributed by atoms with Gasteiger partial charge in [0.25, 0.3) is 0 Å². The van der Waals surface area contributed by atoms with E-state index in [1.165, 1.54) is 0 Å². The van der Waals surface area contributed by atoms with Crippen molar-refractivity contribution in [1.29, 1.82) is 0 Å². The molecule has 0 aliphatic carbocycles. The molecule has 1 aromatic heterocycles. The van der Waals surface area contributed by atoms with Gasteiger partial charge < -0.3 is 28.3 Å². The number of benzene rings is 3. The Bertz CT molecular complexity index is 1310. The van der Waals surface area contributed by atoms with E-state index in [4.69, 9.17) is 23.4 Å². The molecule has 0 saturated heterocycles. The monoisotopic (exact) mass is 461 g/mol. The van der Waals surface area contributed by atoms with Crippen molar-refractivity contribution in [3.05, 3.63) is 77.2 Å². The Kier molecular flexibility index (Phi) is 7.04. The molecule has 4 aromatic rings. The van der Waals surface area contributed by atoms with Gasteiger partial charge in [-0.05, 0) is 68.2 Å². The summed E-state index contributed by atoms with van der Waals surface area (Å²) in [7, 11) is 7.15. The van der Waals surface area contributed by atoms with Crippen LogP contribution in [0.1, 0.15) is 0 Å². The minimum Gasteiger partial charge on any atom is -0.497 e. The molecule has 0 saturated carbocycles. The Morgan fingerprint density at radius 1 is 0.794 bits per heavy atom. The molecule has 0 aliphatic heterocycles. The Labute approximate surface area is 198 Å². The maximum absolute atomic E-state index is 13.1. The molecule has 0 unspecified atom stereocenters.